The van der Waals surface area contributed by atoms with Gasteiger partial charge in [0.25, 0.3) is 0 Å². The van der Waals surface area contributed by atoms with E-state index in [0.717, 1.165) is 0 Å². The number of hydrogen-bond acceptors (Lipinski definition) is 4. The lowest BCUT2D eigenvalue weighted by molar-refractivity contribution is 0.580. The maximum Gasteiger partial charge on any atom is 0.240 e. The van der Waals surface area contributed by atoms with Crippen molar-refractivity contribution in [2.75, 3.05) is 24.3 Å². The van der Waals surface area contributed by atoms with E-state index in [9.17, 15) is 12.6 Å². The maximum absolute atomic E-state index is 12.0. The van der Waals surface area contributed by atoms with Crippen LogP contribution in [-0.2, 0) is 20.8 Å². The maximum atomic E-state index is 12.0. The van der Waals surface area contributed by atoms with E-state index in [1.165, 1.54) is 6.07 Å². The van der Waals surface area contributed by atoms with Gasteiger partial charge in [-0.25, -0.2) is 13.1 Å². The molecule has 0 saturated carbocycles. The SMILES string of the molecule is Cc1cc(N)ccc1S(=O)(=O)NCCCS(C)=O. The first-order chi connectivity index (χ1) is 8.33. The van der Waals surface area contributed by atoms with Crippen molar-refractivity contribution in [1.29, 1.82) is 0 Å². The molecule has 0 saturated heterocycles. The highest BCUT2D eigenvalue weighted by Crippen LogP contribution is 2.17. The highest BCUT2D eigenvalue weighted by atomic mass is 32.2. The van der Waals surface area contributed by atoms with Crippen LogP contribution in [0.4, 0.5) is 5.69 Å². The summed E-state index contributed by atoms with van der Waals surface area (Å²) in [6, 6.07) is 4.67. The second-order valence-electron chi connectivity index (χ2n) is 4.05. The zero-order valence-electron chi connectivity index (χ0n) is 10.5. The molecule has 1 aromatic rings. The first kappa shape index (κ1) is 15.1. The van der Waals surface area contributed by atoms with Gasteiger partial charge in [-0.2, -0.15) is 0 Å². The summed E-state index contributed by atoms with van der Waals surface area (Å²) in [7, 11) is -4.41. The standard InChI is InChI=1S/C11H18N2O3S2/c1-9-8-10(12)4-5-11(9)18(15,16)13-6-3-7-17(2)14/h4-5,8,13H,3,6-7,12H2,1-2H3. The van der Waals surface area contributed by atoms with Crippen molar-refractivity contribution in [2.24, 2.45) is 0 Å². The van der Waals surface area contributed by atoms with Crippen LogP contribution in [-0.4, -0.2) is 31.2 Å². The lowest BCUT2D eigenvalue weighted by Gasteiger charge is -2.09. The van der Waals surface area contributed by atoms with Crippen LogP contribution in [0.5, 0.6) is 0 Å². The van der Waals surface area contributed by atoms with Gasteiger partial charge < -0.3 is 5.73 Å². The molecule has 1 rings (SSSR count). The van der Waals surface area contributed by atoms with Crippen LogP contribution in [0.1, 0.15) is 12.0 Å². The molecule has 1 atom stereocenters. The third-order valence-corrected chi connectivity index (χ3v) is 4.87. The van der Waals surface area contributed by atoms with E-state index in [2.05, 4.69) is 4.72 Å². The van der Waals surface area contributed by atoms with Crippen molar-refractivity contribution in [3.05, 3.63) is 23.8 Å². The monoisotopic (exact) mass is 290 g/mol. The van der Waals surface area contributed by atoms with Crippen molar-refractivity contribution < 1.29 is 12.6 Å². The minimum atomic E-state index is -3.51. The number of aryl methyl sites for hydroxylation is 1. The fourth-order valence-corrected chi connectivity index (χ4v) is 3.38. The van der Waals surface area contributed by atoms with Gasteiger partial charge in [0.2, 0.25) is 10.0 Å². The molecule has 0 spiro atoms. The predicted octanol–water partition coefficient (Wildman–Crippen LogP) is 0.624. The van der Waals surface area contributed by atoms with Crippen LogP contribution in [0.3, 0.4) is 0 Å². The molecule has 102 valence electrons. The van der Waals surface area contributed by atoms with Gasteiger partial charge >= 0.3 is 0 Å². The third kappa shape index (κ3) is 4.40. The Hall–Kier alpha value is -0.920. The Morgan fingerprint density at radius 1 is 1.39 bits per heavy atom. The molecule has 0 heterocycles. The summed E-state index contributed by atoms with van der Waals surface area (Å²) in [5.74, 6) is 0.489. The molecular formula is C11H18N2O3S2. The van der Waals surface area contributed by atoms with E-state index < -0.39 is 20.8 Å². The minimum absolute atomic E-state index is 0.231. The van der Waals surface area contributed by atoms with E-state index in [1.54, 1.807) is 25.3 Å². The average molecular weight is 290 g/mol. The average Bonchev–Trinajstić information content (AvgIpc) is 2.23. The quantitative estimate of drug-likeness (QED) is 0.594. The highest BCUT2D eigenvalue weighted by Gasteiger charge is 2.15. The Balaban J connectivity index is 2.71. The Morgan fingerprint density at radius 2 is 2.06 bits per heavy atom. The van der Waals surface area contributed by atoms with Crippen LogP contribution in [0.25, 0.3) is 0 Å². The Morgan fingerprint density at radius 3 is 2.61 bits per heavy atom. The number of rotatable bonds is 6. The van der Waals surface area contributed by atoms with Gasteiger partial charge in [0.05, 0.1) is 4.90 Å². The second kappa shape index (κ2) is 6.31. The molecule has 0 aliphatic heterocycles. The van der Waals surface area contributed by atoms with Crippen molar-refractivity contribution in [3.63, 3.8) is 0 Å². The predicted molar refractivity (Wildman–Crippen MR) is 74.3 cm³/mol. The van der Waals surface area contributed by atoms with Crippen molar-refractivity contribution in [1.82, 2.24) is 4.72 Å². The van der Waals surface area contributed by atoms with Gasteiger partial charge in [-0.05, 0) is 37.1 Å². The molecule has 0 fully saturated rings. The smallest absolute Gasteiger partial charge is 0.240 e. The van der Waals surface area contributed by atoms with E-state index in [0.29, 0.717) is 23.4 Å². The molecule has 0 aliphatic carbocycles. The van der Waals surface area contributed by atoms with Gasteiger partial charge in [-0.15, -0.1) is 0 Å². The summed E-state index contributed by atoms with van der Waals surface area (Å²) in [5.41, 5.74) is 6.72. The van der Waals surface area contributed by atoms with Crippen molar-refractivity contribution in [2.45, 2.75) is 18.2 Å². The second-order valence-corrected chi connectivity index (χ2v) is 7.34. The van der Waals surface area contributed by atoms with Crippen molar-refractivity contribution >= 4 is 26.5 Å². The normalized spacial score (nSPS) is 13.4. The number of anilines is 1. The topological polar surface area (TPSA) is 89.3 Å². The van der Waals surface area contributed by atoms with Crippen LogP contribution < -0.4 is 10.5 Å². The minimum Gasteiger partial charge on any atom is -0.399 e. The van der Waals surface area contributed by atoms with Crippen LogP contribution >= 0.6 is 0 Å². The highest BCUT2D eigenvalue weighted by molar-refractivity contribution is 7.89. The molecule has 1 unspecified atom stereocenters. The number of nitrogens with one attached hydrogen (secondary N) is 1. The lowest BCUT2D eigenvalue weighted by atomic mass is 10.2. The molecule has 0 amide bonds. The number of nitrogens with two attached hydrogens (primary N) is 1. The fraction of sp³-hybridized carbons (Fsp3) is 0.455. The van der Waals surface area contributed by atoms with Gasteiger partial charge in [-0.1, -0.05) is 0 Å². The van der Waals surface area contributed by atoms with E-state index >= 15 is 0 Å². The van der Waals surface area contributed by atoms with Crippen LogP contribution in [0.2, 0.25) is 0 Å². The zero-order valence-corrected chi connectivity index (χ0v) is 12.1. The van der Waals surface area contributed by atoms with E-state index in [1.807, 2.05) is 0 Å². The van der Waals surface area contributed by atoms with Crippen LogP contribution in [0, 0.1) is 6.92 Å². The van der Waals surface area contributed by atoms with Gasteiger partial charge in [0, 0.05) is 35.0 Å². The summed E-state index contributed by atoms with van der Waals surface area (Å²) in [4.78, 5) is 0.231. The van der Waals surface area contributed by atoms with Crippen LogP contribution in [0.15, 0.2) is 23.1 Å². The Bertz CT molecular complexity index is 541. The summed E-state index contributed by atoms with van der Waals surface area (Å²) >= 11 is 0. The summed E-state index contributed by atoms with van der Waals surface area (Å²) < 4.78 is 37.3. The largest absolute Gasteiger partial charge is 0.399 e. The summed E-state index contributed by atoms with van der Waals surface area (Å²) in [6.07, 6.45) is 2.15. The summed E-state index contributed by atoms with van der Waals surface area (Å²) in [5, 5.41) is 0. The first-order valence-electron chi connectivity index (χ1n) is 5.49. The molecule has 3 N–H and O–H groups in total. The molecule has 5 nitrogen and oxygen atoms in total. The molecule has 0 radical (unpaired) electrons. The molecular weight excluding hydrogens is 272 g/mol. The molecule has 18 heavy (non-hydrogen) atoms. The molecule has 0 aromatic heterocycles. The number of nitrogen functional groups attached to an aromatic ring is 1. The summed E-state index contributed by atoms with van der Waals surface area (Å²) in [6.45, 7) is 1.98. The molecule has 0 bridgehead atoms. The number of benzene rings is 1. The number of hydrogen-bond donors (Lipinski definition) is 2. The number of sulfonamides is 1. The van der Waals surface area contributed by atoms with Gasteiger partial charge in [0.1, 0.15) is 0 Å². The van der Waals surface area contributed by atoms with Gasteiger partial charge in [-0.3, -0.25) is 4.21 Å². The van der Waals surface area contributed by atoms with Crippen molar-refractivity contribution in [3.8, 4) is 0 Å². The fourth-order valence-electron chi connectivity index (χ4n) is 1.53. The molecule has 1 aromatic carbocycles. The molecule has 0 aliphatic rings. The van der Waals surface area contributed by atoms with E-state index in [-0.39, 0.29) is 11.4 Å². The van der Waals surface area contributed by atoms with E-state index in [4.69, 9.17) is 5.73 Å². The molecule has 7 heteroatoms. The lowest BCUT2D eigenvalue weighted by Crippen LogP contribution is -2.26. The third-order valence-electron chi connectivity index (χ3n) is 2.39. The van der Waals surface area contributed by atoms with Gasteiger partial charge in [0.15, 0.2) is 0 Å². The Labute approximate surface area is 110 Å². The first-order valence-corrected chi connectivity index (χ1v) is 8.70. The zero-order chi connectivity index (χ0) is 13.8. The Kier molecular flexibility index (Phi) is 5.30.